The predicted octanol–water partition coefficient (Wildman–Crippen LogP) is 4.40. The fourth-order valence-electron chi connectivity index (χ4n) is 2.78. The molecule has 0 fully saturated rings. The molecule has 0 atom stereocenters. The van der Waals surface area contributed by atoms with Gasteiger partial charge in [0, 0.05) is 16.8 Å². The van der Waals surface area contributed by atoms with E-state index in [4.69, 9.17) is 21.1 Å². The largest absolute Gasteiger partial charge is 0.494 e. The lowest BCUT2D eigenvalue weighted by atomic mass is 10.2. The molecule has 0 aliphatic heterocycles. The number of halogens is 1. The van der Waals surface area contributed by atoms with E-state index in [1.54, 1.807) is 6.20 Å². The van der Waals surface area contributed by atoms with E-state index in [2.05, 4.69) is 10.3 Å². The number of aromatic nitrogens is 2. The lowest BCUT2D eigenvalue weighted by Crippen LogP contribution is -2.19. The summed E-state index contributed by atoms with van der Waals surface area (Å²) in [5.74, 6) is 1.32. The molecule has 0 aliphatic rings. The third-order valence-electron chi connectivity index (χ3n) is 4.19. The molecule has 0 bridgehead atoms. The molecule has 6 nitrogen and oxygen atoms in total. The second kappa shape index (κ2) is 8.80. The molecule has 146 valence electrons. The summed E-state index contributed by atoms with van der Waals surface area (Å²) in [7, 11) is 1.45. The van der Waals surface area contributed by atoms with Gasteiger partial charge in [0.15, 0.2) is 0 Å². The molecule has 3 rings (SSSR count). The van der Waals surface area contributed by atoms with Gasteiger partial charge >= 0.3 is 5.56 Å². The number of rotatable bonds is 7. The van der Waals surface area contributed by atoms with E-state index < -0.39 is 5.56 Å². The Hall–Kier alpha value is -2.99. The van der Waals surface area contributed by atoms with Gasteiger partial charge in [-0.1, -0.05) is 29.8 Å². The van der Waals surface area contributed by atoms with Crippen LogP contribution >= 0.6 is 11.6 Å². The molecule has 0 radical (unpaired) electrons. The quantitative estimate of drug-likeness (QED) is 0.637. The van der Waals surface area contributed by atoms with Crippen LogP contribution in [0.5, 0.6) is 11.5 Å². The lowest BCUT2D eigenvalue weighted by molar-refractivity contribution is 0.340. The topological polar surface area (TPSA) is 65.4 Å². The summed E-state index contributed by atoms with van der Waals surface area (Å²) in [6, 6.07) is 13.3. The zero-order valence-corrected chi connectivity index (χ0v) is 16.8. The van der Waals surface area contributed by atoms with Crippen LogP contribution in [0, 0.1) is 6.92 Å². The second-order valence-electron chi connectivity index (χ2n) is 6.23. The van der Waals surface area contributed by atoms with Gasteiger partial charge in [-0.15, -0.1) is 0 Å². The van der Waals surface area contributed by atoms with Gasteiger partial charge in [-0.05, 0) is 43.2 Å². The van der Waals surface area contributed by atoms with Gasteiger partial charge in [0.25, 0.3) is 0 Å². The highest BCUT2D eigenvalue weighted by Crippen LogP contribution is 2.25. The molecule has 1 N–H and O–H groups in total. The van der Waals surface area contributed by atoms with Crippen molar-refractivity contribution in [1.82, 2.24) is 9.55 Å². The molecule has 0 saturated heterocycles. The monoisotopic (exact) mass is 399 g/mol. The number of ether oxygens (including phenoxy) is 2. The maximum absolute atomic E-state index is 12.2. The van der Waals surface area contributed by atoms with Crippen molar-refractivity contribution in [2.45, 2.75) is 20.4 Å². The van der Waals surface area contributed by atoms with Crippen molar-refractivity contribution < 1.29 is 9.47 Å². The maximum atomic E-state index is 12.2. The fourth-order valence-corrected chi connectivity index (χ4v) is 2.99. The summed E-state index contributed by atoms with van der Waals surface area (Å²) in [6.07, 6.45) is 1.64. The van der Waals surface area contributed by atoms with Crippen LogP contribution < -0.4 is 20.3 Å². The summed E-state index contributed by atoms with van der Waals surface area (Å²) in [5.41, 5.74) is 2.35. The highest BCUT2D eigenvalue weighted by molar-refractivity contribution is 6.30. The molecule has 0 saturated carbocycles. The van der Waals surface area contributed by atoms with Crippen LogP contribution in [-0.2, 0) is 6.54 Å². The molecule has 28 heavy (non-hydrogen) atoms. The molecular weight excluding hydrogens is 378 g/mol. The average Bonchev–Trinajstić information content (AvgIpc) is 2.66. The van der Waals surface area contributed by atoms with Crippen LogP contribution in [0.4, 0.5) is 11.6 Å². The van der Waals surface area contributed by atoms with E-state index in [1.165, 1.54) is 7.11 Å². The minimum absolute atomic E-state index is 0.173. The van der Waals surface area contributed by atoms with Crippen molar-refractivity contribution in [1.29, 1.82) is 0 Å². The number of methoxy groups -OCH3 is 1. The van der Waals surface area contributed by atoms with Crippen molar-refractivity contribution in [3.05, 3.63) is 75.2 Å². The predicted molar refractivity (Wildman–Crippen MR) is 111 cm³/mol. The Labute approximate surface area is 168 Å². The average molecular weight is 400 g/mol. The van der Waals surface area contributed by atoms with Gasteiger partial charge in [-0.2, -0.15) is 4.98 Å². The van der Waals surface area contributed by atoms with E-state index in [1.807, 2.05) is 60.9 Å². The molecule has 0 amide bonds. The van der Waals surface area contributed by atoms with Crippen molar-refractivity contribution in [2.24, 2.45) is 0 Å². The number of nitrogens with zero attached hydrogens (tertiary/aromatic N) is 2. The van der Waals surface area contributed by atoms with Crippen LogP contribution in [0.1, 0.15) is 18.1 Å². The molecule has 0 unspecified atom stereocenters. The van der Waals surface area contributed by atoms with Crippen LogP contribution in [0.15, 0.2) is 53.5 Å². The summed E-state index contributed by atoms with van der Waals surface area (Å²) in [5, 5.41) is 3.90. The minimum atomic E-state index is -0.439. The zero-order chi connectivity index (χ0) is 20.1. The Bertz CT molecular complexity index is 1030. The van der Waals surface area contributed by atoms with E-state index in [-0.39, 0.29) is 5.75 Å². The number of hydrogen-bond acceptors (Lipinski definition) is 5. The van der Waals surface area contributed by atoms with Crippen molar-refractivity contribution in [3.63, 3.8) is 0 Å². The Kier molecular flexibility index (Phi) is 6.21. The number of hydrogen-bond donors (Lipinski definition) is 1. The van der Waals surface area contributed by atoms with Gasteiger partial charge in [0.2, 0.25) is 11.7 Å². The molecule has 2 aromatic carbocycles. The Morgan fingerprint density at radius 2 is 2.04 bits per heavy atom. The maximum Gasteiger partial charge on any atom is 0.316 e. The lowest BCUT2D eigenvalue weighted by Gasteiger charge is -2.17. The molecular formula is C21H22ClN3O3. The molecule has 1 heterocycles. The van der Waals surface area contributed by atoms with Gasteiger partial charge in [0.05, 0.1) is 26.5 Å². The summed E-state index contributed by atoms with van der Waals surface area (Å²) < 4.78 is 12.6. The first-order valence-corrected chi connectivity index (χ1v) is 9.28. The van der Waals surface area contributed by atoms with E-state index >= 15 is 0 Å². The third-order valence-corrected chi connectivity index (χ3v) is 4.43. The minimum Gasteiger partial charge on any atom is -0.494 e. The first-order valence-electron chi connectivity index (χ1n) is 8.90. The van der Waals surface area contributed by atoms with Crippen LogP contribution in [-0.4, -0.2) is 23.3 Å². The standard InChI is InChI=1S/C21H22ClN3O3/c1-4-28-17-9-8-14(2)18(11-17)23-21-24-20(26)19(27-3)13-25(21)12-15-6-5-7-16(22)10-15/h5-11,13H,4,12H2,1-3H3,(H,23,24,26). The van der Waals surface area contributed by atoms with Crippen LogP contribution in [0.25, 0.3) is 0 Å². The number of aryl methyl sites for hydroxylation is 1. The summed E-state index contributed by atoms with van der Waals surface area (Å²) >= 11 is 6.10. The highest BCUT2D eigenvalue weighted by atomic mass is 35.5. The van der Waals surface area contributed by atoms with E-state index in [9.17, 15) is 4.79 Å². The fraction of sp³-hybridized carbons (Fsp3) is 0.238. The van der Waals surface area contributed by atoms with E-state index in [0.29, 0.717) is 24.1 Å². The van der Waals surface area contributed by atoms with Gasteiger partial charge in [-0.3, -0.25) is 4.79 Å². The Morgan fingerprint density at radius 1 is 1.21 bits per heavy atom. The SMILES string of the molecule is CCOc1ccc(C)c(Nc2nc(=O)c(OC)cn2Cc2cccc(Cl)c2)c1. The van der Waals surface area contributed by atoms with Crippen LogP contribution in [0.2, 0.25) is 5.02 Å². The Morgan fingerprint density at radius 3 is 2.75 bits per heavy atom. The van der Waals surface area contributed by atoms with Crippen molar-refractivity contribution >= 4 is 23.2 Å². The van der Waals surface area contributed by atoms with Gasteiger partial charge in [0.1, 0.15) is 5.75 Å². The molecule has 3 aromatic rings. The molecule has 0 spiro atoms. The van der Waals surface area contributed by atoms with Crippen LogP contribution in [0.3, 0.4) is 0 Å². The second-order valence-corrected chi connectivity index (χ2v) is 6.67. The number of nitrogens with one attached hydrogen (secondary N) is 1. The molecule has 0 aliphatic carbocycles. The normalized spacial score (nSPS) is 10.6. The van der Waals surface area contributed by atoms with Crippen molar-refractivity contribution in [2.75, 3.05) is 19.0 Å². The highest BCUT2D eigenvalue weighted by Gasteiger charge is 2.12. The molecule has 7 heteroatoms. The van der Waals surface area contributed by atoms with Gasteiger partial charge in [-0.25, -0.2) is 0 Å². The first-order chi connectivity index (χ1) is 13.5. The third kappa shape index (κ3) is 4.64. The summed E-state index contributed by atoms with van der Waals surface area (Å²) in [4.78, 5) is 16.4. The first kappa shape index (κ1) is 19.8. The number of benzene rings is 2. The Balaban J connectivity index is 2.01. The molecule has 1 aromatic heterocycles. The summed E-state index contributed by atoms with van der Waals surface area (Å²) in [6.45, 7) is 4.95. The van der Waals surface area contributed by atoms with Gasteiger partial charge < -0.3 is 19.4 Å². The zero-order valence-electron chi connectivity index (χ0n) is 16.0. The van der Waals surface area contributed by atoms with E-state index in [0.717, 1.165) is 22.6 Å². The number of anilines is 2. The smallest absolute Gasteiger partial charge is 0.316 e. The van der Waals surface area contributed by atoms with Crippen molar-refractivity contribution in [3.8, 4) is 11.5 Å².